The molecule has 8 heteroatoms. The van der Waals surface area contributed by atoms with Crippen LogP contribution in [0.2, 0.25) is 0 Å². The second-order valence-corrected chi connectivity index (χ2v) is 7.55. The first-order chi connectivity index (χ1) is 14.1. The molecule has 0 unspecified atom stereocenters. The van der Waals surface area contributed by atoms with Gasteiger partial charge in [-0.3, -0.25) is 0 Å². The van der Waals surface area contributed by atoms with Gasteiger partial charge in [-0.25, -0.2) is 4.79 Å². The molecule has 0 spiro atoms. The minimum Gasteiger partial charge on any atom is -0.472 e. The van der Waals surface area contributed by atoms with Crippen molar-refractivity contribution in [3.8, 4) is 11.9 Å². The van der Waals surface area contributed by atoms with Gasteiger partial charge in [-0.2, -0.15) is 9.97 Å². The lowest BCUT2D eigenvalue weighted by atomic mass is 10.1. The molecule has 0 aliphatic carbocycles. The fourth-order valence-corrected chi connectivity index (χ4v) is 3.81. The van der Waals surface area contributed by atoms with Crippen LogP contribution in [0.25, 0.3) is 0 Å². The predicted molar refractivity (Wildman–Crippen MR) is 106 cm³/mol. The molecule has 3 heterocycles. The van der Waals surface area contributed by atoms with Gasteiger partial charge in [0.05, 0.1) is 12.2 Å². The highest BCUT2D eigenvalue weighted by Gasteiger charge is 2.27. The molecule has 8 nitrogen and oxygen atoms in total. The number of carboxylic acid groups (broad SMARTS) is 1. The van der Waals surface area contributed by atoms with E-state index in [9.17, 15) is 9.90 Å². The molecule has 29 heavy (non-hydrogen) atoms. The van der Waals surface area contributed by atoms with E-state index in [1.807, 2.05) is 30.3 Å². The first-order valence-electron chi connectivity index (χ1n) is 9.97. The van der Waals surface area contributed by atoms with Crippen LogP contribution >= 0.6 is 0 Å². The minimum absolute atomic E-state index is 0.217. The Balaban J connectivity index is 1.54. The minimum atomic E-state index is -0.948. The summed E-state index contributed by atoms with van der Waals surface area (Å²) < 4.78 is 11.9. The Morgan fingerprint density at radius 3 is 2.76 bits per heavy atom. The highest BCUT2D eigenvalue weighted by molar-refractivity contribution is 5.65. The molecular formula is C21H26N4O4. The van der Waals surface area contributed by atoms with Crippen LogP contribution < -0.4 is 9.47 Å². The van der Waals surface area contributed by atoms with Crippen molar-refractivity contribution in [1.29, 1.82) is 0 Å². The number of nitrogens with zero attached hydrogens (tertiary/aromatic N) is 4. The zero-order chi connectivity index (χ0) is 20.2. The lowest BCUT2D eigenvalue weighted by Gasteiger charge is -2.27. The van der Waals surface area contributed by atoms with Crippen molar-refractivity contribution >= 4 is 6.09 Å². The average molecular weight is 398 g/mol. The summed E-state index contributed by atoms with van der Waals surface area (Å²) in [5.41, 5.74) is 2.56. The molecule has 4 rings (SSSR count). The number of carbonyl (C=O) groups is 1. The molecule has 1 amide bonds. The van der Waals surface area contributed by atoms with E-state index < -0.39 is 6.09 Å². The topological polar surface area (TPSA) is 88.0 Å². The van der Waals surface area contributed by atoms with Crippen LogP contribution in [-0.4, -0.2) is 63.8 Å². The van der Waals surface area contributed by atoms with Crippen LogP contribution in [0.4, 0.5) is 4.79 Å². The third-order valence-corrected chi connectivity index (χ3v) is 5.57. The molecule has 0 radical (unpaired) electrons. The molecule has 1 atom stereocenters. The Hall–Kier alpha value is -2.87. The maximum atomic E-state index is 11.4. The van der Waals surface area contributed by atoms with E-state index in [0.717, 1.165) is 30.5 Å². The normalized spacial score (nSPS) is 19.1. The van der Waals surface area contributed by atoms with Crippen molar-refractivity contribution in [1.82, 2.24) is 19.8 Å². The van der Waals surface area contributed by atoms with Crippen molar-refractivity contribution < 1.29 is 19.4 Å². The maximum absolute atomic E-state index is 11.4. The number of ether oxygens (including phenoxy) is 2. The Kier molecular flexibility index (Phi) is 5.80. The molecule has 1 aromatic heterocycles. The van der Waals surface area contributed by atoms with Gasteiger partial charge >= 0.3 is 12.1 Å². The summed E-state index contributed by atoms with van der Waals surface area (Å²) in [6, 6.07) is 10.5. The molecule has 154 valence electrons. The number of likely N-dealkylation sites (tertiary alicyclic amines) is 1. The second-order valence-electron chi connectivity index (χ2n) is 7.55. The number of amides is 1. The van der Waals surface area contributed by atoms with Crippen molar-refractivity contribution in [2.75, 3.05) is 26.7 Å². The standard InChI is InChI=1S/C21H26N4O4/c1-24-10-5-8-16(24)14-29-20-22-18-12-25(21(26)27)11-9-17(18)19(23-20)28-13-15-6-3-2-4-7-15/h2-4,6-7,16H,5,8-14H2,1H3,(H,26,27)/t16-/m0/s1. The largest absolute Gasteiger partial charge is 0.472 e. The Labute approximate surface area is 170 Å². The van der Waals surface area contributed by atoms with Gasteiger partial charge in [-0.05, 0) is 38.4 Å². The van der Waals surface area contributed by atoms with Gasteiger partial charge in [0.1, 0.15) is 13.2 Å². The molecule has 2 aliphatic heterocycles. The molecule has 2 aliphatic rings. The Morgan fingerprint density at radius 1 is 1.21 bits per heavy atom. The third kappa shape index (κ3) is 4.59. The number of likely N-dealkylation sites (N-methyl/N-ethyl adjacent to an activating group) is 1. The summed E-state index contributed by atoms with van der Waals surface area (Å²) in [7, 11) is 2.09. The van der Waals surface area contributed by atoms with E-state index in [1.165, 1.54) is 4.90 Å². The monoisotopic (exact) mass is 398 g/mol. The van der Waals surface area contributed by atoms with Crippen LogP contribution in [-0.2, 0) is 19.6 Å². The SMILES string of the molecule is CN1CCC[C@H]1COc1nc2c(c(OCc3ccccc3)n1)CCN(C(=O)O)C2. The summed E-state index contributed by atoms with van der Waals surface area (Å²) in [5.74, 6) is 0.485. The van der Waals surface area contributed by atoms with Gasteiger partial charge in [-0.1, -0.05) is 30.3 Å². The van der Waals surface area contributed by atoms with Gasteiger partial charge in [0.15, 0.2) is 0 Å². The quantitative estimate of drug-likeness (QED) is 0.800. The number of hydrogen-bond acceptors (Lipinski definition) is 6. The van der Waals surface area contributed by atoms with E-state index >= 15 is 0 Å². The molecule has 1 fully saturated rings. The van der Waals surface area contributed by atoms with Crippen LogP contribution in [0.15, 0.2) is 30.3 Å². The van der Waals surface area contributed by atoms with Crippen molar-refractivity contribution in [3.63, 3.8) is 0 Å². The summed E-state index contributed by atoms with van der Waals surface area (Å²) in [6.07, 6.45) is 1.83. The molecule has 0 bridgehead atoms. The third-order valence-electron chi connectivity index (χ3n) is 5.57. The zero-order valence-corrected chi connectivity index (χ0v) is 16.6. The highest BCUT2D eigenvalue weighted by Crippen LogP contribution is 2.28. The van der Waals surface area contributed by atoms with Crippen LogP contribution in [0.3, 0.4) is 0 Å². The van der Waals surface area contributed by atoms with E-state index in [0.29, 0.717) is 43.8 Å². The van der Waals surface area contributed by atoms with Gasteiger partial charge in [0, 0.05) is 18.2 Å². The average Bonchev–Trinajstić information content (AvgIpc) is 3.15. The van der Waals surface area contributed by atoms with E-state index in [1.54, 1.807) is 0 Å². The molecule has 1 aromatic carbocycles. The Bertz CT molecular complexity index is 861. The molecule has 2 aromatic rings. The van der Waals surface area contributed by atoms with Gasteiger partial charge < -0.3 is 24.4 Å². The first-order valence-corrected chi connectivity index (χ1v) is 9.97. The van der Waals surface area contributed by atoms with Crippen molar-refractivity contribution in [3.05, 3.63) is 47.2 Å². The predicted octanol–water partition coefficient (Wildman–Crippen LogP) is 2.56. The number of hydrogen-bond donors (Lipinski definition) is 1. The smallest absolute Gasteiger partial charge is 0.407 e. The lowest BCUT2D eigenvalue weighted by Crippen LogP contribution is -2.36. The van der Waals surface area contributed by atoms with Crippen LogP contribution in [0.5, 0.6) is 11.9 Å². The lowest BCUT2D eigenvalue weighted by molar-refractivity contribution is 0.137. The van der Waals surface area contributed by atoms with E-state index in [4.69, 9.17) is 9.47 Å². The van der Waals surface area contributed by atoms with E-state index in [2.05, 4.69) is 21.9 Å². The number of rotatable bonds is 6. The number of aromatic nitrogens is 2. The van der Waals surface area contributed by atoms with E-state index in [-0.39, 0.29) is 12.6 Å². The van der Waals surface area contributed by atoms with Gasteiger partial charge in [0.25, 0.3) is 0 Å². The van der Waals surface area contributed by atoms with Crippen LogP contribution in [0, 0.1) is 0 Å². The molecule has 0 saturated carbocycles. The summed E-state index contributed by atoms with van der Waals surface area (Å²) in [6.45, 7) is 2.58. The maximum Gasteiger partial charge on any atom is 0.407 e. The van der Waals surface area contributed by atoms with Crippen LogP contribution in [0.1, 0.15) is 29.7 Å². The molecule has 1 N–H and O–H groups in total. The first kappa shape index (κ1) is 19.4. The molecular weight excluding hydrogens is 372 g/mol. The summed E-state index contributed by atoms with van der Waals surface area (Å²) >= 11 is 0. The van der Waals surface area contributed by atoms with Gasteiger partial charge in [0.2, 0.25) is 5.88 Å². The highest BCUT2D eigenvalue weighted by atomic mass is 16.5. The number of fused-ring (bicyclic) bond motifs is 1. The van der Waals surface area contributed by atoms with Crippen molar-refractivity contribution in [2.24, 2.45) is 0 Å². The summed E-state index contributed by atoms with van der Waals surface area (Å²) in [5, 5.41) is 9.35. The number of benzene rings is 1. The molecule has 1 saturated heterocycles. The van der Waals surface area contributed by atoms with Gasteiger partial charge in [-0.15, -0.1) is 0 Å². The Morgan fingerprint density at radius 2 is 2.03 bits per heavy atom. The fourth-order valence-electron chi connectivity index (χ4n) is 3.81. The summed E-state index contributed by atoms with van der Waals surface area (Å²) in [4.78, 5) is 24.0. The zero-order valence-electron chi connectivity index (χ0n) is 16.6. The fraction of sp³-hybridized carbons (Fsp3) is 0.476. The van der Waals surface area contributed by atoms with Crippen molar-refractivity contribution in [2.45, 2.75) is 38.5 Å². The second kappa shape index (κ2) is 8.65.